The van der Waals surface area contributed by atoms with Crippen LogP contribution in [0, 0.1) is 5.41 Å². The number of amides is 1. The molecule has 0 saturated carbocycles. The minimum absolute atomic E-state index is 0.162. The van der Waals surface area contributed by atoms with E-state index in [2.05, 4.69) is 13.8 Å². The van der Waals surface area contributed by atoms with Crippen LogP contribution in [0.3, 0.4) is 0 Å². The minimum atomic E-state index is -0.293. The number of likely N-dealkylation sites (tertiary alicyclic amines) is 1. The van der Waals surface area contributed by atoms with E-state index in [0.29, 0.717) is 12.1 Å². The van der Waals surface area contributed by atoms with Crippen LogP contribution in [0.25, 0.3) is 0 Å². The Hall–Kier alpha value is -1.32. The van der Waals surface area contributed by atoms with Gasteiger partial charge in [0.2, 0.25) is 5.91 Å². The van der Waals surface area contributed by atoms with E-state index in [0.717, 1.165) is 25.0 Å². The van der Waals surface area contributed by atoms with Gasteiger partial charge in [-0.2, -0.15) is 0 Å². The molecule has 0 atom stereocenters. The molecular formula is C13H19NO3. The van der Waals surface area contributed by atoms with Crippen molar-refractivity contribution in [2.75, 3.05) is 13.2 Å². The van der Waals surface area contributed by atoms with E-state index in [-0.39, 0.29) is 23.9 Å². The highest BCUT2D eigenvalue weighted by atomic mass is 16.5. The maximum atomic E-state index is 12.5. The summed E-state index contributed by atoms with van der Waals surface area (Å²) in [4.78, 5) is 25.5. The second kappa shape index (κ2) is 4.17. The van der Waals surface area contributed by atoms with E-state index < -0.39 is 0 Å². The zero-order valence-corrected chi connectivity index (χ0v) is 10.7. The third-order valence-electron chi connectivity index (χ3n) is 4.27. The van der Waals surface area contributed by atoms with Gasteiger partial charge < -0.3 is 9.64 Å². The molecule has 2 heterocycles. The first-order valence-corrected chi connectivity index (χ1v) is 6.24. The van der Waals surface area contributed by atoms with E-state index in [4.69, 9.17) is 4.74 Å². The molecule has 2 rings (SSSR count). The zero-order valence-electron chi connectivity index (χ0n) is 10.7. The van der Waals surface area contributed by atoms with Crippen LogP contribution in [0.4, 0.5) is 0 Å². The van der Waals surface area contributed by atoms with Crippen LogP contribution >= 0.6 is 0 Å². The Morgan fingerprint density at radius 3 is 2.35 bits per heavy atom. The van der Waals surface area contributed by atoms with Gasteiger partial charge in [-0.3, -0.25) is 4.79 Å². The summed E-state index contributed by atoms with van der Waals surface area (Å²) in [6.07, 6.45) is 2.60. The van der Waals surface area contributed by atoms with Gasteiger partial charge >= 0.3 is 5.97 Å². The summed E-state index contributed by atoms with van der Waals surface area (Å²) < 4.78 is 4.97. The predicted molar refractivity (Wildman–Crippen MR) is 63.0 cm³/mol. The van der Waals surface area contributed by atoms with E-state index >= 15 is 0 Å². The monoisotopic (exact) mass is 237 g/mol. The first-order valence-electron chi connectivity index (χ1n) is 6.24. The lowest BCUT2D eigenvalue weighted by Gasteiger charge is -2.25. The van der Waals surface area contributed by atoms with Gasteiger partial charge in [-0.05, 0) is 26.2 Å². The summed E-state index contributed by atoms with van der Waals surface area (Å²) in [5.74, 6) is -0.131. The molecule has 0 aliphatic carbocycles. The minimum Gasteiger partial charge on any atom is -0.456 e. The van der Waals surface area contributed by atoms with Crippen molar-refractivity contribution in [1.29, 1.82) is 0 Å². The predicted octanol–water partition coefficient (Wildman–Crippen LogP) is 1.86. The van der Waals surface area contributed by atoms with Crippen molar-refractivity contribution < 1.29 is 14.3 Å². The standard InChI is InChI=1S/C13H19NO3/c1-4-13(5-2)6-7-14(12(13)16)10-8-17-11(15)9(10)3/h4-8H2,1-3H3. The average molecular weight is 237 g/mol. The highest BCUT2D eigenvalue weighted by Gasteiger charge is 2.46. The zero-order chi connectivity index (χ0) is 12.6. The molecule has 1 fully saturated rings. The van der Waals surface area contributed by atoms with Gasteiger partial charge in [0.1, 0.15) is 6.61 Å². The number of rotatable bonds is 3. The Labute approximate surface area is 102 Å². The highest BCUT2D eigenvalue weighted by Crippen LogP contribution is 2.40. The number of hydrogen-bond acceptors (Lipinski definition) is 3. The van der Waals surface area contributed by atoms with Crippen LogP contribution in [-0.2, 0) is 14.3 Å². The highest BCUT2D eigenvalue weighted by molar-refractivity contribution is 5.94. The van der Waals surface area contributed by atoms with Crippen LogP contribution in [-0.4, -0.2) is 29.9 Å². The first-order chi connectivity index (χ1) is 8.05. The van der Waals surface area contributed by atoms with Gasteiger partial charge in [-0.1, -0.05) is 13.8 Å². The molecule has 1 saturated heterocycles. The van der Waals surface area contributed by atoms with Crippen molar-refractivity contribution in [2.24, 2.45) is 5.41 Å². The molecule has 2 aliphatic heterocycles. The Morgan fingerprint density at radius 1 is 1.29 bits per heavy atom. The Bertz CT molecular complexity index is 393. The summed E-state index contributed by atoms with van der Waals surface area (Å²) in [6.45, 7) is 6.81. The number of carbonyl (C=O) groups excluding carboxylic acids is 2. The molecule has 94 valence electrons. The molecule has 0 unspecified atom stereocenters. The van der Waals surface area contributed by atoms with Gasteiger partial charge in [-0.25, -0.2) is 4.79 Å². The molecule has 0 spiro atoms. The molecule has 4 heteroatoms. The maximum Gasteiger partial charge on any atom is 0.336 e. The second-order valence-electron chi connectivity index (χ2n) is 4.84. The molecule has 4 nitrogen and oxygen atoms in total. The van der Waals surface area contributed by atoms with Gasteiger partial charge in [-0.15, -0.1) is 0 Å². The summed E-state index contributed by atoms with van der Waals surface area (Å²) in [5, 5.41) is 0. The molecule has 0 radical (unpaired) electrons. The molecule has 17 heavy (non-hydrogen) atoms. The summed E-state index contributed by atoms with van der Waals surface area (Å²) in [7, 11) is 0. The van der Waals surface area contributed by atoms with Crippen molar-refractivity contribution in [1.82, 2.24) is 4.90 Å². The van der Waals surface area contributed by atoms with Crippen LogP contribution in [0.5, 0.6) is 0 Å². The smallest absolute Gasteiger partial charge is 0.336 e. The summed E-state index contributed by atoms with van der Waals surface area (Å²) >= 11 is 0. The van der Waals surface area contributed by atoms with Crippen molar-refractivity contribution in [3.63, 3.8) is 0 Å². The molecule has 0 N–H and O–H groups in total. The van der Waals surface area contributed by atoms with Crippen LogP contribution in [0.15, 0.2) is 11.3 Å². The number of esters is 1. The van der Waals surface area contributed by atoms with Crippen LogP contribution in [0.2, 0.25) is 0 Å². The Morgan fingerprint density at radius 2 is 1.94 bits per heavy atom. The van der Waals surface area contributed by atoms with Gasteiger partial charge in [0.15, 0.2) is 0 Å². The normalized spacial score (nSPS) is 23.6. The first kappa shape index (κ1) is 12.1. The second-order valence-corrected chi connectivity index (χ2v) is 4.84. The third-order valence-corrected chi connectivity index (χ3v) is 4.27. The largest absolute Gasteiger partial charge is 0.456 e. The van der Waals surface area contributed by atoms with E-state index in [1.54, 1.807) is 11.8 Å². The molecule has 2 aliphatic rings. The van der Waals surface area contributed by atoms with Crippen LogP contribution in [0.1, 0.15) is 40.0 Å². The van der Waals surface area contributed by atoms with Gasteiger partial charge in [0.05, 0.1) is 16.7 Å². The van der Waals surface area contributed by atoms with Crippen molar-refractivity contribution in [3.05, 3.63) is 11.3 Å². The molecule has 0 aromatic carbocycles. The molecule has 0 bridgehead atoms. The van der Waals surface area contributed by atoms with Crippen molar-refractivity contribution >= 4 is 11.9 Å². The number of hydrogen-bond donors (Lipinski definition) is 0. The lowest BCUT2D eigenvalue weighted by molar-refractivity contribution is -0.137. The van der Waals surface area contributed by atoms with Gasteiger partial charge in [0, 0.05) is 6.54 Å². The molecule has 1 amide bonds. The molecular weight excluding hydrogens is 218 g/mol. The number of carbonyl (C=O) groups is 2. The average Bonchev–Trinajstić information content (AvgIpc) is 2.83. The summed E-state index contributed by atoms with van der Waals surface area (Å²) in [5.41, 5.74) is 1.13. The quantitative estimate of drug-likeness (QED) is 0.704. The summed E-state index contributed by atoms with van der Waals surface area (Å²) in [6, 6.07) is 0. The maximum absolute atomic E-state index is 12.5. The Balaban J connectivity index is 2.27. The van der Waals surface area contributed by atoms with E-state index in [1.807, 2.05) is 0 Å². The fourth-order valence-electron chi connectivity index (χ4n) is 2.73. The lowest BCUT2D eigenvalue weighted by Crippen LogP contribution is -2.34. The topological polar surface area (TPSA) is 46.6 Å². The SMILES string of the molecule is CCC1(CC)CCN(C2=C(C)C(=O)OC2)C1=O. The lowest BCUT2D eigenvalue weighted by atomic mass is 9.81. The fraction of sp³-hybridized carbons (Fsp3) is 0.692. The van der Waals surface area contributed by atoms with Gasteiger partial charge in [0.25, 0.3) is 0 Å². The number of ether oxygens (including phenoxy) is 1. The van der Waals surface area contributed by atoms with E-state index in [9.17, 15) is 9.59 Å². The number of nitrogens with zero attached hydrogens (tertiary/aromatic N) is 1. The third kappa shape index (κ3) is 1.66. The van der Waals surface area contributed by atoms with Crippen LogP contribution < -0.4 is 0 Å². The van der Waals surface area contributed by atoms with E-state index in [1.165, 1.54) is 0 Å². The molecule has 0 aromatic heterocycles. The number of cyclic esters (lactones) is 1. The van der Waals surface area contributed by atoms with Crippen molar-refractivity contribution in [2.45, 2.75) is 40.0 Å². The fourth-order valence-corrected chi connectivity index (χ4v) is 2.73. The molecule has 0 aromatic rings. The Kier molecular flexibility index (Phi) is 2.98. The van der Waals surface area contributed by atoms with Crippen molar-refractivity contribution in [3.8, 4) is 0 Å².